The molecule has 0 fully saturated rings. The van der Waals surface area contributed by atoms with Crippen molar-refractivity contribution >= 4 is 29.1 Å². The summed E-state index contributed by atoms with van der Waals surface area (Å²) >= 11 is 0. The lowest BCUT2D eigenvalue weighted by molar-refractivity contribution is -0.541. The van der Waals surface area contributed by atoms with E-state index < -0.39 is 0 Å². The van der Waals surface area contributed by atoms with Crippen molar-refractivity contribution < 1.29 is 17.7 Å². The first-order valence-corrected chi connectivity index (χ1v) is 8.63. The van der Waals surface area contributed by atoms with Crippen LogP contribution in [-0.4, -0.2) is 26.6 Å². The molecule has 2 heterocycles. The predicted molar refractivity (Wildman–Crippen MR) is 104 cm³/mol. The molecule has 2 aromatic carbocycles. The monoisotopic (exact) mass is 377 g/mol. The van der Waals surface area contributed by atoms with E-state index in [9.17, 15) is 0 Å². The van der Waals surface area contributed by atoms with E-state index in [0.29, 0.717) is 5.82 Å². The van der Waals surface area contributed by atoms with Gasteiger partial charge in [-0.05, 0) is 17.2 Å². The lowest BCUT2D eigenvalue weighted by Gasteiger charge is -2.05. The van der Waals surface area contributed by atoms with Crippen LogP contribution in [0.1, 0.15) is 17.0 Å². The third kappa shape index (κ3) is 4.22. The Morgan fingerprint density at radius 3 is 2.33 bits per heavy atom. The zero-order valence-corrected chi connectivity index (χ0v) is 15.7. The van der Waals surface area contributed by atoms with Crippen LogP contribution in [0.5, 0.6) is 0 Å². The highest BCUT2D eigenvalue weighted by Gasteiger charge is 2.14. The highest BCUT2D eigenvalue weighted by molar-refractivity contribution is 5.80. The summed E-state index contributed by atoms with van der Waals surface area (Å²) in [6.45, 7) is 0.735. The molecule has 5 nitrogen and oxygen atoms in total. The van der Waals surface area contributed by atoms with Crippen molar-refractivity contribution in [3.05, 3.63) is 83.9 Å². The minimum Gasteiger partial charge on any atom is -1.00 e. The van der Waals surface area contributed by atoms with Gasteiger partial charge in [-0.2, -0.15) is 4.98 Å². The second-order valence-corrected chi connectivity index (χ2v) is 6.03. The van der Waals surface area contributed by atoms with Gasteiger partial charge >= 0.3 is 0 Å². The summed E-state index contributed by atoms with van der Waals surface area (Å²) in [4.78, 5) is 13.9. The van der Waals surface area contributed by atoms with Crippen LogP contribution in [0.4, 0.5) is 5.82 Å². The summed E-state index contributed by atoms with van der Waals surface area (Å²) in [5.74, 6) is 1.54. The van der Waals surface area contributed by atoms with Crippen LogP contribution in [0.25, 0.3) is 23.3 Å². The van der Waals surface area contributed by atoms with E-state index in [2.05, 4.69) is 38.8 Å². The summed E-state index contributed by atoms with van der Waals surface area (Å²) in [5, 5.41) is 1.98. The van der Waals surface area contributed by atoms with Gasteiger partial charge in [0.15, 0.2) is 17.0 Å². The van der Waals surface area contributed by atoms with Crippen LogP contribution < -0.4 is 17.7 Å². The molecule has 0 aliphatic rings. The number of quaternary nitrogens is 1. The maximum Gasteiger partial charge on any atom is 0.256 e. The molecule has 0 atom stereocenters. The highest BCUT2D eigenvalue weighted by atomic mass is 35.5. The number of fused-ring (bicyclic) bond motifs is 1. The average molecular weight is 378 g/mol. The van der Waals surface area contributed by atoms with E-state index in [1.54, 1.807) is 0 Å². The molecule has 0 saturated heterocycles. The minimum absolute atomic E-state index is 0. The van der Waals surface area contributed by atoms with Gasteiger partial charge in [0, 0.05) is 0 Å². The maximum absolute atomic E-state index is 4.74. The summed E-state index contributed by atoms with van der Waals surface area (Å²) in [7, 11) is 1.97. The third-order valence-electron chi connectivity index (χ3n) is 4.20. The van der Waals surface area contributed by atoms with Crippen molar-refractivity contribution in [2.45, 2.75) is 6.54 Å². The van der Waals surface area contributed by atoms with E-state index in [1.807, 2.05) is 67.2 Å². The molecule has 0 saturated carbocycles. The number of hydrogen-bond acceptors (Lipinski definition) is 3. The Labute approximate surface area is 164 Å². The quantitative estimate of drug-likeness (QED) is 0.527. The van der Waals surface area contributed by atoms with Crippen LogP contribution in [0.15, 0.2) is 67.0 Å². The molecule has 4 aromatic rings. The Morgan fingerprint density at radius 2 is 1.63 bits per heavy atom. The van der Waals surface area contributed by atoms with Crippen molar-refractivity contribution in [3.63, 3.8) is 0 Å². The standard InChI is InChI=1S/C21H19N5.ClH/c1-22-20-19-21(26(15-23-19)14-17-10-6-3-7-11-17)25-18(24-20)13-12-16-8-4-2-5-9-16;/h2-13,15H,14H2,1H3,(H,22,24,25);1H/b13-12+;. The van der Waals surface area contributed by atoms with Crippen molar-refractivity contribution in [2.75, 3.05) is 7.05 Å². The largest absolute Gasteiger partial charge is 1.00 e. The molecule has 2 N–H and O–H groups in total. The molecule has 0 amide bonds. The van der Waals surface area contributed by atoms with Gasteiger partial charge in [-0.15, -0.1) is 0 Å². The smallest absolute Gasteiger partial charge is 0.256 e. The topological polar surface area (TPSA) is 60.2 Å². The van der Waals surface area contributed by atoms with Crippen molar-refractivity contribution in [1.82, 2.24) is 19.5 Å². The summed E-state index contributed by atoms with van der Waals surface area (Å²) in [6.07, 6.45) is 5.81. The lowest BCUT2D eigenvalue weighted by atomic mass is 10.2. The predicted octanol–water partition coefficient (Wildman–Crippen LogP) is -0.126. The van der Waals surface area contributed by atoms with Crippen LogP contribution >= 0.6 is 0 Å². The van der Waals surface area contributed by atoms with Crippen LogP contribution in [0, 0.1) is 0 Å². The van der Waals surface area contributed by atoms with Gasteiger partial charge < -0.3 is 17.0 Å². The Morgan fingerprint density at radius 1 is 0.926 bits per heavy atom. The Hall–Kier alpha value is -3.02. The minimum atomic E-state index is 0. The number of nitrogens with two attached hydrogens (primary N) is 1. The molecule has 4 rings (SSSR count). The van der Waals surface area contributed by atoms with E-state index in [1.165, 1.54) is 5.56 Å². The Kier molecular flexibility index (Phi) is 5.96. The van der Waals surface area contributed by atoms with Gasteiger partial charge in [-0.25, -0.2) is 9.97 Å². The second-order valence-electron chi connectivity index (χ2n) is 6.03. The van der Waals surface area contributed by atoms with Gasteiger partial charge in [0.25, 0.3) is 5.82 Å². The van der Waals surface area contributed by atoms with E-state index in [0.717, 1.165) is 29.1 Å². The molecule has 136 valence electrons. The highest BCUT2D eigenvalue weighted by Crippen LogP contribution is 2.18. The number of hydrogen-bond donors (Lipinski definition) is 1. The number of benzene rings is 2. The molecule has 0 radical (unpaired) electrons. The van der Waals surface area contributed by atoms with Gasteiger partial charge in [0.2, 0.25) is 0 Å². The number of halogens is 1. The zero-order chi connectivity index (χ0) is 17.8. The van der Waals surface area contributed by atoms with Crippen LogP contribution in [0.2, 0.25) is 0 Å². The van der Waals surface area contributed by atoms with Gasteiger partial charge in [0.1, 0.15) is 0 Å². The first-order chi connectivity index (χ1) is 12.8. The maximum atomic E-state index is 4.74. The normalized spacial score (nSPS) is 11.0. The first kappa shape index (κ1) is 18.8. The van der Waals surface area contributed by atoms with Crippen molar-refractivity contribution in [1.29, 1.82) is 0 Å². The van der Waals surface area contributed by atoms with E-state index in [-0.39, 0.29) is 12.4 Å². The van der Waals surface area contributed by atoms with Crippen LogP contribution in [0.3, 0.4) is 0 Å². The Balaban J connectivity index is 0.00000210. The molecule has 0 unspecified atom stereocenters. The second kappa shape index (κ2) is 8.58. The summed E-state index contributed by atoms with van der Waals surface area (Å²) in [5.41, 5.74) is 4.02. The fraction of sp³-hybridized carbons (Fsp3) is 0.0952. The van der Waals surface area contributed by atoms with Crippen LogP contribution in [-0.2, 0) is 6.54 Å². The summed E-state index contributed by atoms with van der Waals surface area (Å²) in [6, 6.07) is 20.5. The molecule has 0 bridgehead atoms. The van der Waals surface area contributed by atoms with Gasteiger partial charge in [0.05, 0.1) is 19.9 Å². The van der Waals surface area contributed by atoms with Crippen molar-refractivity contribution in [3.8, 4) is 0 Å². The number of nitrogens with zero attached hydrogens (tertiary/aromatic N) is 4. The number of aromatic nitrogens is 4. The lowest BCUT2D eigenvalue weighted by Crippen LogP contribution is -3.00. The van der Waals surface area contributed by atoms with E-state index >= 15 is 0 Å². The molecular formula is C21H20ClN5. The zero-order valence-electron chi connectivity index (χ0n) is 15.0. The molecule has 0 aliphatic carbocycles. The molecule has 0 spiro atoms. The average Bonchev–Trinajstić information content (AvgIpc) is 3.10. The van der Waals surface area contributed by atoms with Crippen molar-refractivity contribution in [2.24, 2.45) is 0 Å². The van der Waals surface area contributed by atoms with Gasteiger partial charge in [-0.1, -0.05) is 66.7 Å². The first-order valence-electron chi connectivity index (χ1n) is 8.63. The molecule has 6 heteroatoms. The Bertz CT molecular complexity index is 1040. The third-order valence-corrected chi connectivity index (χ3v) is 4.20. The number of imidazole rings is 1. The molecule has 0 aliphatic heterocycles. The van der Waals surface area contributed by atoms with Gasteiger partial charge in [-0.3, -0.25) is 5.32 Å². The molecule has 2 aromatic heterocycles. The summed E-state index contributed by atoms with van der Waals surface area (Å²) < 4.78 is 2.07. The fourth-order valence-electron chi connectivity index (χ4n) is 2.89. The molecular weight excluding hydrogens is 358 g/mol. The number of rotatable bonds is 5. The SMILES string of the molecule is C[NH2+]c1nc(/C=C/c2ccccc2)nc2c1ncn2Cc1ccccc1.[Cl-]. The fourth-order valence-corrected chi connectivity index (χ4v) is 2.89. The molecule has 27 heavy (non-hydrogen) atoms. The van der Waals surface area contributed by atoms with E-state index in [4.69, 9.17) is 4.98 Å².